The molecular formula is C18H17NOS. The summed E-state index contributed by atoms with van der Waals surface area (Å²) in [5.74, 6) is 0.116. The number of ketones is 1. The Hall–Kier alpha value is -2.00. The van der Waals surface area contributed by atoms with E-state index in [0.717, 1.165) is 26.7 Å². The fourth-order valence-electron chi connectivity index (χ4n) is 2.48. The van der Waals surface area contributed by atoms with Crippen LogP contribution in [0.5, 0.6) is 0 Å². The predicted molar refractivity (Wildman–Crippen MR) is 88.9 cm³/mol. The number of rotatable bonds is 2. The average molecular weight is 295 g/mol. The molecule has 1 N–H and O–H groups in total. The van der Waals surface area contributed by atoms with Crippen molar-refractivity contribution in [1.29, 1.82) is 0 Å². The lowest BCUT2D eigenvalue weighted by Crippen LogP contribution is -2.04. The van der Waals surface area contributed by atoms with Crippen LogP contribution in [0.25, 0.3) is 0 Å². The molecule has 0 saturated heterocycles. The van der Waals surface area contributed by atoms with Crippen LogP contribution < -0.4 is 5.32 Å². The third-order valence-corrected chi connectivity index (χ3v) is 4.87. The molecule has 0 amide bonds. The number of Topliss-reactive ketones (excluding diaryl/α,β-unsaturated/α-hetero) is 1. The van der Waals surface area contributed by atoms with Crippen LogP contribution in [-0.4, -0.2) is 5.78 Å². The number of hydrogen-bond acceptors (Lipinski definition) is 3. The highest BCUT2D eigenvalue weighted by Gasteiger charge is 2.27. The van der Waals surface area contributed by atoms with Gasteiger partial charge in [0, 0.05) is 21.8 Å². The molecule has 0 spiro atoms. The molecule has 2 aromatic carbocycles. The zero-order chi connectivity index (χ0) is 15.0. The number of allylic oxidation sites excluding steroid dienone is 2. The van der Waals surface area contributed by atoms with E-state index >= 15 is 0 Å². The molecule has 0 fully saturated rings. The molecule has 1 heterocycles. The molecule has 2 nitrogen and oxygen atoms in total. The summed E-state index contributed by atoms with van der Waals surface area (Å²) in [6, 6.07) is 14.0. The first-order valence-corrected chi connectivity index (χ1v) is 7.74. The quantitative estimate of drug-likeness (QED) is 0.796. The molecule has 0 bridgehead atoms. The van der Waals surface area contributed by atoms with Gasteiger partial charge in [0.1, 0.15) is 0 Å². The van der Waals surface area contributed by atoms with E-state index in [1.165, 1.54) is 11.1 Å². The summed E-state index contributed by atoms with van der Waals surface area (Å²) in [5.41, 5.74) is 5.19. The zero-order valence-electron chi connectivity index (χ0n) is 12.4. The van der Waals surface area contributed by atoms with Crippen molar-refractivity contribution >= 4 is 23.2 Å². The molecule has 1 aliphatic heterocycles. The van der Waals surface area contributed by atoms with Crippen molar-refractivity contribution in [3.8, 4) is 0 Å². The Labute approximate surface area is 129 Å². The maximum absolute atomic E-state index is 12.4. The maximum atomic E-state index is 12.4. The first kappa shape index (κ1) is 14.0. The molecule has 3 rings (SSSR count). The topological polar surface area (TPSA) is 29.1 Å². The number of anilines is 1. The summed E-state index contributed by atoms with van der Waals surface area (Å²) in [4.78, 5) is 14.3. The second-order valence-corrected chi connectivity index (χ2v) is 6.38. The molecule has 0 atom stereocenters. The Morgan fingerprint density at radius 3 is 2.57 bits per heavy atom. The van der Waals surface area contributed by atoms with Crippen molar-refractivity contribution < 1.29 is 4.79 Å². The number of carbonyl (C=O) groups excluding carboxylic acids is 1. The van der Waals surface area contributed by atoms with Crippen LogP contribution in [0.1, 0.15) is 28.4 Å². The molecular weight excluding hydrogens is 278 g/mol. The van der Waals surface area contributed by atoms with Crippen LogP contribution in [0.4, 0.5) is 5.69 Å². The molecule has 0 aliphatic carbocycles. The Kier molecular flexibility index (Phi) is 3.60. The summed E-state index contributed by atoms with van der Waals surface area (Å²) in [6.45, 7) is 6.12. The highest BCUT2D eigenvalue weighted by atomic mass is 32.2. The fourth-order valence-corrected chi connectivity index (χ4v) is 3.53. The SMILES string of the molecule is C/C(Nc1ccc(C)cc1C)=C1\Sc2ccccc2C1=O. The van der Waals surface area contributed by atoms with Crippen LogP contribution >= 0.6 is 11.8 Å². The Bertz CT molecular complexity index is 762. The van der Waals surface area contributed by atoms with Gasteiger partial charge in [-0.25, -0.2) is 0 Å². The summed E-state index contributed by atoms with van der Waals surface area (Å²) >= 11 is 1.55. The molecule has 3 heteroatoms. The minimum absolute atomic E-state index is 0.116. The number of nitrogens with one attached hydrogen (secondary N) is 1. The van der Waals surface area contributed by atoms with Crippen molar-refractivity contribution in [2.45, 2.75) is 25.7 Å². The Morgan fingerprint density at radius 1 is 1.10 bits per heavy atom. The van der Waals surface area contributed by atoms with Crippen molar-refractivity contribution in [2.75, 3.05) is 5.32 Å². The number of thioether (sulfide) groups is 1. The molecule has 21 heavy (non-hydrogen) atoms. The van der Waals surface area contributed by atoms with Gasteiger partial charge in [-0.15, -0.1) is 0 Å². The van der Waals surface area contributed by atoms with Crippen LogP contribution in [0.3, 0.4) is 0 Å². The van der Waals surface area contributed by atoms with E-state index in [0.29, 0.717) is 0 Å². The highest BCUT2D eigenvalue weighted by Crippen LogP contribution is 2.41. The smallest absolute Gasteiger partial charge is 0.202 e. The van der Waals surface area contributed by atoms with Gasteiger partial charge in [-0.3, -0.25) is 4.79 Å². The standard InChI is InChI=1S/C18H17NOS/c1-11-8-9-15(12(2)10-11)19-13(3)18-17(20)14-6-4-5-7-16(14)21-18/h4-10,19H,1-3H3/b18-13+. The molecule has 1 aliphatic rings. The van der Waals surface area contributed by atoms with Gasteiger partial charge in [0.2, 0.25) is 5.78 Å². The van der Waals surface area contributed by atoms with E-state index in [9.17, 15) is 4.79 Å². The maximum Gasteiger partial charge on any atom is 0.202 e. The monoisotopic (exact) mass is 295 g/mol. The van der Waals surface area contributed by atoms with E-state index in [1.54, 1.807) is 11.8 Å². The summed E-state index contributed by atoms with van der Waals surface area (Å²) < 4.78 is 0. The van der Waals surface area contributed by atoms with E-state index in [4.69, 9.17) is 0 Å². The van der Waals surface area contributed by atoms with Crippen LogP contribution in [0, 0.1) is 13.8 Å². The molecule has 0 radical (unpaired) electrons. The highest BCUT2D eigenvalue weighted by molar-refractivity contribution is 8.04. The molecule has 0 saturated carbocycles. The molecule has 0 unspecified atom stereocenters. The summed E-state index contributed by atoms with van der Waals surface area (Å²) in [7, 11) is 0. The Morgan fingerprint density at radius 2 is 1.86 bits per heavy atom. The molecule has 106 valence electrons. The van der Waals surface area contributed by atoms with Gasteiger partial charge in [0.15, 0.2) is 0 Å². The Balaban J connectivity index is 1.92. The number of hydrogen-bond donors (Lipinski definition) is 1. The van der Waals surface area contributed by atoms with Gasteiger partial charge >= 0.3 is 0 Å². The van der Waals surface area contributed by atoms with Crippen LogP contribution in [0.15, 0.2) is 58.0 Å². The number of carbonyl (C=O) groups is 1. The van der Waals surface area contributed by atoms with Crippen LogP contribution in [-0.2, 0) is 0 Å². The third kappa shape index (κ3) is 2.61. The first-order chi connectivity index (χ1) is 10.1. The minimum atomic E-state index is 0.116. The molecule has 0 aromatic heterocycles. The predicted octanol–water partition coefficient (Wildman–Crippen LogP) is 4.94. The normalized spacial score (nSPS) is 15.9. The van der Waals surface area contributed by atoms with Crippen molar-refractivity contribution in [1.82, 2.24) is 0 Å². The average Bonchev–Trinajstić information content (AvgIpc) is 2.80. The van der Waals surface area contributed by atoms with Gasteiger partial charge in [-0.05, 0) is 44.5 Å². The second kappa shape index (κ2) is 5.41. The van der Waals surface area contributed by atoms with Crippen molar-refractivity contribution in [3.05, 3.63) is 69.8 Å². The fraction of sp³-hybridized carbons (Fsp3) is 0.167. The lowest BCUT2D eigenvalue weighted by molar-refractivity contribution is 0.104. The molecule has 2 aromatic rings. The van der Waals surface area contributed by atoms with Crippen LogP contribution in [0.2, 0.25) is 0 Å². The van der Waals surface area contributed by atoms with E-state index < -0.39 is 0 Å². The third-order valence-electron chi connectivity index (χ3n) is 3.59. The van der Waals surface area contributed by atoms with Crippen molar-refractivity contribution in [2.24, 2.45) is 0 Å². The van der Waals surface area contributed by atoms with E-state index in [-0.39, 0.29) is 5.78 Å². The number of aryl methyl sites for hydroxylation is 2. The summed E-state index contributed by atoms with van der Waals surface area (Å²) in [5, 5.41) is 3.38. The summed E-state index contributed by atoms with van der Waals surface area (Å²) in [6.07, 6.45) is 0. The zero-order valence-corrected chi connectivity index (χ0v) is 13.2. The largest absolute Gasteiger partial charge is 0.358 e. The lowest BCUT2D eigenvalue weighted by atomic mass is 10.1. The van der Waals surface area contributed by atoms with Gasteiger partial charge in [0.05, 0.1) is 4.91 Å². The number of benzene rings is 2. The lowest BCUT2D eigenvalue weighted by Gasteiger charge is -2.12. The van der Waals surface area contributed by atoms with E-state index in [2.05, 4.69) is 37.4 Å². The van der Waals surface area contributed by atoms with Gasteiger partial charge in [-0.2, -0.15) is 0 Å². The second-order valence-electron chi connectivity index (χ2n) is 5.32. The first-order valence-electron chi connectivity index (χ1n) is 6.93. The van der Waals surface area contributed by atoms with Crippen molar-refractivity contribution in [3.63, 3.8) is 0 Å². The number of fused-ring (bicyclic) bond motifs is 1. The van der Waals surface area contributed by atoms with E-state index in [1.807, 2.05) is 31.2 Å². The van der Waals surface area contributed by atoms with Gasteiger partial charge in [0.25, 0.3) is 0 Å². The minimum Gasteiger partial charge on any atom is -0.358 e. The van der Waals surface area contributed by atoms with Gasteiger partial charge in [-0.1, -0.05) is 41.6 Å². The van der Waals surface area contributed by atoms with Gasteiger partial charge < -0.3 is 5.32 Å².